The maximum Gasteiger partial charge on any atom is 0.335 e. The number of carbonyl (C=O) groups is 2. The van der Waals surface area contributed by atoms with Crippen LogP contribution in [0, 0.1) is 0 Å². The summed E-state index contributed by atoms with van der Waals surface area (Å²) in [7, 11) is 0. The number of aromatic carboxylic acids is 1. The Balaban J connectivity index is 2.09. The Kier molecular flexibility index (Phi) is 4.69. The van der Waals surface area contributed by atoms with E-state index in [0.29, 0.717) is 24.0 Å². The molecule has 0 saturated carbocycles. The molecular formula is C16H13BrO3. The van der Waals surface area contributed by atoms with Crippen molar-refractivity contribution in [1.82, 2.24) is 0 Å². The second kappa shape index (κ2) is 6.48. The average Bonchev–Trinajstić information content (AvgIpc) is 2.45. The van der Waals surface area contributed by atoms with E-state index in [-0.39, 0.29) is 11.3 Å². The highest BCUT2D eigenvalue weighted by Gasteiger charge is 2.11. The van der Waals surface area contributed by atoms with Crippen molar-refractivity contribution in [3.63, 3.8) is 0 Å². The van der Waals surface area contributed by atoms with Crippen LogP contribution in [0.15, 0.2) is 53.0 Å². The zero-order valence-corrected chi connectivity index (χ0v) is 12.3. The predicted molar refractivity (Wildman–Crippen MR) is 80.2 cm³/mol. The molecule has 0 unspecified atom stereocenters. The number of hydrogen-bond acceptors (Lipinski definition) is 2. The zero-order chi connectivity index (χ0) is 14.5. The number of carboxylic acids is 1. The molecule has 20 heavy (non-hydrogen) atoms. The molecule has 102 valence electrons. The average molecular weight is 333 g/mol. The van der Waals surface area contributed by atoms with Crippen LogP contribution in [0.2, 0.25) is 0 Å². The molecule has 0 amide bonds. The molecular weight excluding hydrogens is 320 g/mol. The standard InChI is InChI=1S/C16H13BrO3/c17-13-6-3-5-12(10-13)15(18)9-8-11-4-1-2-7-14(11)16(19)20/h1-7,10H,8-9H2,(H,19,20). The normalized spacial score (nSPS) is 10.2. The molecule has 0 heterocycles. The molecule has 0 aliphatic rings. The Labute approximate surface area is 125 Å². The van der Waals surface area contributed by atoms with Gasteiger partial charge in [-0.05, 0) is 30.2 Å². The van der Waals surface area contributed by atoms with E-state index in [9.17, 15) is 9.59 Å². The fraction of sp³-hybridized carbons (Fsp3) is 0.125. The van der Waals surface area contributed by atoms with Crippen LogP contribution in [0.4, 0.5) is 0 Å². The lowest BCUT2D eigenvalue weighted by molar-refractivity contribution is 0.0695. The minimum absolute atomic E-state index is 0.00601. The van der Waals surface area contributed by atoms with E-state index in [1.54, 1.807) is 36.4 Å². The Bertz CT molecular complexity index is 650. The van der Waals surface area contributed by atoms with Crippen LogP contribution < -0.4 is 0 Å². The molecule has 0 saturated heterocycles. The Morgan fingerprint density at radius 3 is 2.50 bits per heavy atom. The summed E-state index contributed by atoms with van der Waals surface area (Å²) in [6.45, 7) is 0. The molecule has 0 aliphatic carbocycles. The Morgan fingerprint density at radius 2 is 1.80 bits per heavy atom. The van der Waals surface area contributed by atoms with Gasteiger partial charge in [0.2, 0.25) is 0 Å². The molecule has 0 atom stereocenters. The molecule has 0 radical (unpaired) electrons. The van der Waals surface area contributed by atoms with E-state index in [2.05, 4.69) is 15.9 Å². The minimum atomic E-state index is -0.962. The van der Waals surface area contributed by atoms with Crippen molar-refractivity contribution in [2.24, 2.45) is 0 Å². The van der Waals surface area contributed by atoms with E-state index < -0.39 is 5.97 Å². The van der Waals surface area contributed by atoms with Gasteiger partial charge in [0.1, 0.15) is 0 Å². The molecule has 1 N–H and O–H groups in total. The number of benzene rings is 2. The molecule has 2 aromatic rings. The first-order valence-electron chi connectivity index (χ1n) is 6.18. The molecule has 2 aromatic carbocycles. The van der Waals surface area contributed by atoms with Crippen LogP contribution in [0.3, 0.4) is 0 Å². The molecule has 0 aromatic heterocycles. The summed E-state index contributed by atoms with van der Waals surface area (Å²) in [6.07, 6.45) is 0.717. The minimum Gasteiger partial charge on any atom is -0.478 e. The number of carbonyl (C=O) groups excluding carboxylic acids is 1. The van der Waals surface area contributed by atoms with Crippen LogP contribution in [-0.4, -0.2) is 16.9 Å². The largest absolute Gasteiger partial charge is 0.478 e. The number of Topliss-reactive ketones (excluding diaryl/α,β-unsaturated/α-hetero) is 1. The quantitative estimate of drug-likeness (QED) is 0.843. The van der Waals surface area contributed by atoms with Gasteiger partial charge in [-0.2, -0.15) is 0 Å². The molecule has 2 rings (SSSR count). The number of rotatable bonds is 5. The van der Waals surface area contributed by atoms with Gasteiger partial charge in [0.25, 0.3) is 0 Å². The first kappa shape index (κ1) is 14.5. The lowest BCUT2D eigenvalue weighted by Crippen LogP contribution is -2.06. The van der Waals surface area contributed by atoms with Gasteiger partial charge in [0.15, 0.2) is 5.78 Å². The highest BCUT2D eigenvalue weighted by Crippen LogP contribution is 2.16. The van der Waals surface area contributed by atoms with Crippen molar-refractivity contribution in [1.29, 1.82) is 0 Å². The second-order valence-corrected chi connectivity index (χ2v) is 5.31. The third kappa shape index (κ3) is 3.54. The lowest BCUT2D eigenvalue weighted by Gasteiger charge is -2.05. The predicted octanol–water partition coefficient (Wildman–Crippen LogP) is 3.96. The van der Waals surface area contributed by atoms with E-state index in [1.807, 2.05) is 12.1 Å². The third-order valence-electron chi connectivity index (χ3n) is 3.02. The van der Waals surface area contributed by atoms with Crippen molar-refractivity contribution >= 4 is 27.7 Å². The molecule has 0 fully saturated rings. The summed E-state index contributed by atoms with van der Waals surface area (Å²) >= 11 is 3.33. The van der Waals surface area contributed by atoms with Crippen LogP contribution in [0.25, 0.3) is 0 Å². The van der Waals surface area contributed by atoms with Gasteiger partial charge in [-0.3, -0.25) is 4.79 Å². The molecule has 4 heteroatoms. The number of carboxylic acid groups (broad SMARTS) is 1. The van der Waals surface area contributed by atoms with Crippen LogP contribution >= 0.6 is 15.9 Å². The van der Waals surface area contributed by atoms with E-state index >= 15 is 0 Å². The smallest absolute Gasteiger partial charge is 0.335 e. The topological polar surface area (TPSA) is 54.4 Å². The first-order valence-corrected chi connectivity index (χ1v) is 6.97. The second-order valence-electron chi connectivity index (χ2n) is 4.40. The van der Waals surface area contributed by atoms with Crippen molar-refractivity contribution < 1.29 is 14.7 Å². The number of hydrogen-bond donors (Lipinski definition) is 1. The number of aryl methyl sites for hydroxylation is 1. The maximum absolute atomic E-state index is 12.1. The van der Waals surface area contributed by atoms with Crippen molar-refractivity contribution in [2.45, 2.75) is 12.8 Å². The third-order valence-corrected chi connectivity index (χ3v) is 3.51. The van der Waals surface area contributed by atoms with Crippen LogP contribution in [-0.2, 0) is 6.42 Å². The van der Waals surface area contributed by atoms with Crippen LogP contribution in [0.1, 0.15) is 32.7 Å². The molecule has 0 bridgehead atoms. The van der Waals surface area contributed by atoms with Gasteiger partial charge in [-0.1, -0.05) is 46.3 Å². The summed E-state index contributed by atoms with van der Waals surface area (Å²) in [5.74, 6) is -0.956. The summed E-state index contributed by atoms with van der Waals surface area (Å²) < 4.78 is 0.856. The summed E-state index contributed by atoms with van der Waals surface area (Å²) in [4.78, 5) is 23.2. The van der Waals surface area contributed by atoms with Gasteiger partial charge < -0.3 is 5.11 Å². The SMILES string of the molecule is O=C(CCc1ccccc1C(=O)O)c1cccc(Br)c1. The van der Waals surface area contributed by atoms with Crippen molar-refractivity contribution in [3.05, 3.63) is 69.7 Å². The van der Waals surface area contributed by atoms with Gasteiger partial charge >= 0.3 is 5.97 Å². The van der Waals surface area contributed by atoms with Gasteiger partial charge in [0.05, 0.1) is 5.56 Å². The maximum atomic E-state index is 12.1. The highest BCUT2D eigenvalue weighted by atomic mass is 79.9. The fourth-order valence-electron chi connectivity index (χ4n) is 2.00. The summed E-state index contributed by atoms with van der Waals surface area (Å²) in [5, 5.41) is 9.09. The van der Waals surface area contributed by atoms with Crippen LogP contribution in [0.5, 0.6) is 0 Å². The fourth-order valence-corrected chi connectivity index (χ4v) is 2.40. The Hall–Kier alpha value is -1.94. The summed E-state index contributed by atoms with van der Waals surface area (Å²) in [5.41, 5.74) is 1.57. The van der Waals surface area contributed by atoms with E-state index in [1.165, 1.54) is 0 Å². The van der Waals surface area contributed by atoms with E-state index in [0.717, 1.165) is 4.47 Å². The van der Waals surface area contributed by atoms with Crippen molar-refractivity contribution in [3.8, 4) is 0 Å². The lowest BCUT2D eigenvalue weighted by atomic mass is 9.99. The zero-order valence-electron chi connectivity index (χ0n) is 10.7. The first-order chi connectivity index (χ1) is 9.58. The van der Waals surface area contributed by atoms with Gasteiger partial charge in [-0.15, -0.1) is 0 Å². The van der Waals surface area contributed by atoms with Gasteiger partial charge in [-0.25, -0.2) is 4.79 Å². The van der Waals surface area contributed by atoms with Crippen molar-refractivity contribution in [2.75, 3.05) is 0 Å². The molecule has 0 aliphatic heterocycles. The number of ketones is 1. The van der Waals surface area contributed by atoms with Gasteiger partial charge in [0, 0.05) is 16.5 Å². The van der Waals surface area contributed by atoms with E-state index in [4.69, 9.17) is 5.11 Å². The summed E-state index contributed by atoms with van der Waals surface area (Å²) in [6, 6.07) is 14.0. The monoisotopic (exact) mass is 332 g/mol. The molecule has 0 spiro atoms. The highest BCUT2D eigenvalue weighted by molar-refractivity contribution is 9.10. The molecule has 3 nitrogen and oxygen atoms in total. The number of halogens is 1. The Morgan fingerprint density at radius 1 is 1.05 bits per heavy atom.